The van der Waals surface area contributed by atoms with E-state index < -0.39 is 0 Å². The van der Waals surface area contributed by atoms with Crippen LogP contribution in [0.3, 0.4) is 0 Å². The third-order valence-corrected chi connectivity index (χ3v) is 3.80. The second-order valence-electron chi connectivity index (χ2n) is 5.33. The Morgan fingerprint density at radius 2 is 1.91 bits per heavy atom. The second-order valence-corrected chi connectivity index (χ2v) is 5.33. The minimum atomic E-state index is -0.163. The molecule has 0 N–H and O–H groups in total. The predicted molar refractivity (Wildman–Crippen MR) is 82.2 cm³/mol. The third-order valence-electron chi connectivity index (χ3n) is 3.80. The second kappa shape index (κ2) is 6.51. The first kappa shape index (κ1) is 14.4. The zero-order valence-electron chi connectivity index (χ0n) is 12.3. The summed E-state index contributed by atoms with van der Waals surface area (Å²) in [6, 6.07) is 8.74. The van der Waals surface area contributed by atoms with Crippen molar-refractivity contribution in [2.24, 2.45) is 0 Å². The van der Waals surface area contributed by atoms with Crippen LogP contribution in [0.2, 0.25) is 0 Å². The number of aromatic nitrogens is 3. The Hall–Kier alpha value is -2.50. The first-order valence-corrected chi connectivity index (χ1v) is 7.51. The molecule has 1 saturated heterocycles. The highest BCUT2D eigenvalue weighted by Gasteiger charge is 2.17. The minimum Gasteiger partial charge on any atom is -0.341 e. The summed E-state index contributed by atoms with van der Waals surface area (Å²) < 4.78 is 1.41. The van der Waals surface area contributed by atoms with Gasteiger partial charge in [0.25, 0.3) is 5.56 Å². The number of likely N-dealkylation sites (tertiary alicyclic amines) is 1. The standard InChI is InChI=1S/C16H18N4O2/c21-15-6-2-4-10-19(15)11-12-20-16(22)8-7-14(18-20)13-5-1-3-9-17-13/h1,3,5,7-9H,2,4,6,10-12H2. The topological polar surface area (TPSA) is 68.1 Å². The van der Waals surface area contributed by atoms with Gasteiger partial charge in [0.15, 0.2) is 0 Å². The van der Waals surface area contributed by atoms with E-state index in [2.05, 4.69) is 10.1 Å². The Morgan fingerprint density at radius 1 is 1.00 bits per heavy atom. The number of carbonyl (C=O) groups is 1. The Labute approximate surface area is 128 Å². The summed E-state index contributed by atoms with van der Waals surface area (Å²) in [5.41, 5.74) is 1.22. The van der Waals surface area contributed by atoms with Gasteiger partial charge in [0.05, 0.1) is 12.2 Å². The Kier molecular flexibility index (Phi) is 4.27. The molecule has 0 saturated carbocycles. The van der Waals surface area contributed by atoms with E-state index in [1.807, 2.05) is 23.1 Å². The van der Waals surface area contributed by atoms with Crippen molar-refractivity contribution in [1.29, 1.82) is 0 Å². The SMILES string of the molecule is O=C1CCCCN1CCn1nc(-c2ccccn2)ccc1=O. The van der Waals surface area contributed by atoms with Crippen LogP contribution in [0.15, 0.2) is 41.3 Å². The molecule has 3 rings (SSSR count). The van der Waals surface area contributed by atoms with Gasteiger partial charge in [-0.3, -0.25) is 14.6 Å². The Morgan fingerprint density at radius 3 is 2.68 bits per heavy atom. The first-order valence-electron chi connectivity index (χ1n) is 7.51. The van der Waals surface area contributed by atoms with Gasteiger partial charge in [-0.05, 0) is 31.0 Å². The molecule has 2 aromatic heterocycles. The number of pyridine rings is 1. The zero-order valence-corrected chi connectivity index (χ0v) is 12.3. The van der Waals surface area contributed by atoms with E-state index in [9.17, 15) is 9.59 Å². The van der Waals surface area contributed by atoms with Crippen LogP contribution < -0.4 is 5.56 Å². The van der Waals surface area contributed by atoms with Crippen LogP contribution in [0.5, 0.6) is 0 Å². The van der Waals surface area contributed by atoms with Crippen molar-refractivity contribution in [3.8, 4) is 11.4 Å². The third kappa shape index (κ3) is 3.21. The summed E-state index contributed by atoms with van der Waals surface area (Å²) in [7, 11) is 0. The molecule has 1 amide bonds. The Bertz CT molecular complexity index is 712. The molecule has 0 radical (unpaired) electrons. The molecule has 0 atom stereocenters. The van der Waals surface area contributed by atoms with E-state index in [4.69, 9.17) is 0 Å². The molecule has 6 heteroatoms. The number of nitrogens with zero attached hydrogens (tertiary/aromatic N) is 4. The molecule has 0 unspecified atom stereocenters. The fraction of sp³-hybridized carbons (Fsp3) is 0.375. The van der Waals surface area contributed by atoms with Gasteiger partial charge >= 0.3 is 0 Å². The molecule has 1 fully saturated rings. The van der Waals surface area contributed by atoms with Crippen LogP contribution in [0.25, 0.3) is 11.4 Å². The minimum absolute atomic E-state index is 0.163. The van der Waals surface area contributed by atoms with Gasteiger partial charge < -0.3 is 4.90 Å². The number of amides is 1. The quantitative estimate of drug-likeness (QED) is 0.853. The van der Waals surface area contributed by atoms with Crippen LogP contribution >= 0.6 is 0 Å². The molecule has 114 valence electrons. The van der Waals surface area contributed by atoms with Crippen LogP contribution in [0.1, 0.15) is 19.3 Å². The summed E-state index contributed by atoms with van der Waals surface area (Å²) in [6.45, 7) is 1.70. The summed E-state index contributed by atoms with van der Waals surface area (Å²) >= 11 is 0. The summed E-state index contributed by atoms with van der Waals surface area (Å²) in [5.74, 6) is 0.167. The average Bonchev–Trinajstić information content (AvgIpc) is 2.56. The van der Waals surface area contributed by atoms with Crippen LogP contribution in [0.4, 0.5) is 0 Å². The van der Waals surface area contributed by atoms with Crippen molar-refractivity contribution in [2.45, 2.75) is 25.8 Å². The molecule has 0 bridgehead atoms. The molecule has 22 heavy (non-hydrogen) atoms. The molecule has 1 aliphatic rings. The highest BCUT2D eigenvalue weighted by molar-refractivity contribution is 5.76. The van der Waals surface area contributed by atoms with Crippen molar-refractivity contribution in [1.82, 2.24) is 19.7 Å². The maximum absolute atomic E-state index is 11.9. The molecule has 0 aliphatic carbocycles. The average molecular weight is 298 g/mol. The molecule has 0 aromatic carbocycles. The van der Waals surface area contributed by atoms with Gasteiger partial charge in [0.2, 0.25) is 5.91 Å². The fourth-order valence-corrected chi connectivity index (χ4v) is 2.57. The summed E-state index contributed by atoms with van der Waals surface area (Å²) in [4.78, 5) is 29.8. The molecule has 0 spiro atoms. The van der Waals surface area contributed by atoms with Gasteiger partial charge in [0, 0.05) is 31.8 Å². The zero-order chi connectivity index (χ0) is 15.4. The van der Waals surface area contributed by atoms with E-state index in [1.54, 1.807) is 12.3 Å². The van der Waals surface area contributed by atoms with Gasteiger partial charge in [-0.15, -0.1) is 0 Å². The van der Waals surface area contributed by atoms with Crippen molar-refractivity contribution in [2.75, 3.05) is 13.1 Å². The van der Waals surface area contributed by atoms with Crippen molar-refractivity contribution < 1.29 is 4.79 Å². The van der Waals surface area contributed by atoms with E-state index in [0.29, 0.717) is 25.2 Å². The molecular formula is C16H18N4O2. The van der Waals surface area contributed by atoms with E-state index in [1.165, 1.54) is 10.7 Å². The van der Waals surface area contributed by atoms with Crippen LogP contribution in [0, 0.1) is 0 Å². The van der Waals surface area contributed by atoms with Gasteiger partial charge in [-0.2, -0.15) is 5.10 Å². The van der Waals surface area contributed by atoms with Crippen molar-refractivity contribution in [3.63, 3.8) is 0 Å². The van der Waals surface area contributed by atoms with E-state index in [0.717, 1.165) is 25.1 Å². The number of piperidine rings is 1. The maximum atomic E-state index is 11.9. The van der Waals surface area contributed by atoms with Crippen LogP contribution in [-0.4, -0.2) is 38.7 Å². The van der Waals surface area contributed by atoms with Gasteiger partial charge in [-0.1, -0.05) is 6.07 Å². The summed E-state index contributed by atoms with van der Waals surface area (Å²) in [5, 5.41) is 4.36. The highest BCUT2D eigenvalue weighted by atomic mass is 16.2. The molecular weight excluding hydrogens is 280 g/mol. The maximum Gasteiger partial charge on any atom is 0.266 e. The van der Waals surface area contributed by atoms with Gasteiger partial charge in [0.1, 0.15) is 5.69 Å². The van der Waals surface area contributed by atoms with E-state index >= 15 is 0 Å². The molecule has 1 aliphatic heterocycles. The lowest BCUT2D eigenvalue weighted by molar-refractivity contribution is -0.133. The highest BCUT2D eigenvalue weighted by Crippen LogP contribution is 2.12. The predicted octanol–water partition coefficient (Wildman–Crippen LogP) is 1.32. The van der Waals surface area contributed by atoms with Crippen LogP contribution in [-0.2, 0) is 11.3 Å². The number of carbonyl (C=O) groups excluding carboxylic acids is 1. The number of hydrogen-bond donors (Lipinski definition) is 0. The lowest BCUT2D eigenvalue weighted by atomic mass is 10.1. The van der Waals surface area contributed by atoms with E-state index in [-0.39, 0.29) is 11.5 Å². The fourth-order valence-electron chi connectivity index (χ4n) is 2.57. The smallest absolute Gasteiger partial charge is 0.266 e. The normalized spacial score (nSPS) is 15.1. The largest absolute Gasteiger partial charge is 0.341 e. The van der Waals surface area contributed by atoms with Crippen molar-refractivity contribution >= 4 is 5.91 Å². The molecule has 3 heterocycles. The van der Waals surface area contributed by atoms with Crippen molar-refractivity contribution in [3.05, 3.63) is 46.9 Å². The first-order chi connectivity index (χ1) is 10.7. The Balaban J connectivity index is 1.76. The monoisotopic (exact) mass is 298 g/mol. The lowest BCUT2D eigenvalue weighted by Gasteiger charge is -2.26. The number of rotatable bonds is 4. The summed E-state index contributed by atoms with van der Waals surface area (Å²) in [6.07, 6.45) is 4.29. The van der Waals surface area contributed by atoms with Gasteiger partial charge in [-0.25, -0.2) is 4.68 Å². The lowest BCUT2D eigenvalue weighted by Crippen LogP contribution is -2.39. The molecule has 2 aromatic rings. The molecule has 6 nitrogen and oxygen atoms in total. The number of hydrogen-bond acceptors (Lipinski definition) is 4.